The standard InChI is InChI=1S/C14H20N4O2S2/c1-3-18(4-2)11(12-6-5-7-20-12)8-15-13(19)9-21-14-17-16-10-22-14/h5-7,10-11H,3-4,8-9H2,1-2H3,(H,15,19)/t11-/m1/s1. The van der Waals surface area contributed by atoms with Crippen LogP contribution in [-0.4, -0.2) is 46.4 Å². The maximum Gasteiger partial charge on any atom is 0.230 e. The van der Waals surface area contributed by atoms with Crippen molar-refractivity contribution in [2.75, 3.05) is 25.4 Å². The summed E-state index contributed by atoms with van der Waals surface area (Å²) in [7, 11) is 0. The van der Waals surface area contributed by atoms with Gasteiger partial charge in [0.05, 0.1) is 18.1 Å². The van der Waals surface area contributed by atoms with E-state index in [1.807, 2.05) is 12.1 Å². The number of rotatable bonds is 9. The Labute approximate surface area is 138 Å². The van der Waals surface area contributed by atoms with Gasteiger partial charge in [0.2, 0.25) is 5.91 Å². The number of carbonyl (C=O) groups excluding carboxylic acids is 1. The van der Waals surface area contributed by atoms with Gasteiger partial charge >= 0.3 is 0 Å². The van der Waals surface area contributed by atoms with Crippen molar-refractivity contribution in [1.29, 1.82) is 0 Å². The third-order valence-electron chi connectivity index (χ3n) is 3.28. The van der Waals surface area contributed by atoms with Crippen molar-refractivity contribution in [3.63, 3.8) is 0 Å². The van der Waals surface area contributed by atoms with E-state index in [1.165, 1.54) is 23.1 Å². The summed E-state index contributed by atoms with van der Waals surface area (Å²) in [5.74, 6) is 1.21. The SMILES string of the molecule is CCN(CC)[C@H](CNC(=O)CSc1nncs1)c1ccco1. The van der Waals surface area contributed by atoms with Gasteiger partial charge in [-0.25, -0.2) is 0 Å². The van der Waals surface area contributed by atoms with Crippen molar-refractivity contribution in [3.05, 3.63) is 29.7 Å². The Balaban J connectivity index is 1.86. The molecule has 6 nitrogen and oxygen atoms in total. The van der Waals surface area contributed by atoms with Crippen LogP contribution in [0, 0.1) is 0 Å². The van der Waals surface area contributed by atoms with Crippen molar-refractivity contribution >= 4 is 29.0 Å². The first-order valence-corrected chi connectivity index (χ1v) is 9.04. The molecular weight excluding hydrogens is 320 g/mol. The van der Waals surface area contributed by atoms with E-state index < -0.39 is 0 Å². The molecule has 2 heterocycles. The summed E-state index contributed by atoms with van der Waals surface area (Å²) >= 11 is 2.84. The molecule has 1 atom stereocenters. The molecule has 0 saturated heterocycles. The van der Waals surface area contributed by atoms with Gasteiger partial charge in [0.1, 0.15) is 11.3 Å². The quantitative estimate of drug-likeness (QED) is 0.707. The largest absolute Gasteiger partial charge is 0.468 e. The molecule has 120 valence electrons. The van der Waals surface area contributed by atoms with Crippen LogP contribution in [0.5, 0.6) is 0 Å². The fourth-order valence-corrected chi connectivity index (χ4v) is 3.49. The topological polar surface area (TPSA) is 71.3 Å². The lowest BCUT2D eigenvalue weighted by Gasteiger charge is -2.28. The van der Waals surface area contributed by atoms with Crippen LogP contribution in [-0.2, 0) is 4.79 Å². The molecule has 0 radical (unpaired) electrons. The summed E-state index contributed by atoms with van der Waals surface area (Å²) in [5.41, 5.74) is 1.66. The number of amides is 1. The maximum atomic E-state index is 12.0. The van der Waals surface area contributed by atoms with Crippen molar-refractivity contribution < 1.29 is 9.21 Å². The van der Waals surface area contributed by atoms with Gasteiger partial charge in [-0.1, -0.05) is 36.9 Å². The maximum absolute atomic E-state index is 12.0. The van der Waals surface area contributed by atoms with Crippen molar-refractivity contribution in [3.8, 4) is 0 Å². The number of likely N-dealkylation sites (N-methyl/N-ethyl adjacent to an activating group) is 1. The first-order valence-electron chi connectivity index (χ1n) is 7.17. The van der Waals surface area contributed by atoms with Crippen molar-refractivity contribution in [1.82, 2.24) is 20.4 Å². The minimum absolute atomic E-state index is 0.0103. The summed E-state index contributed by atoms with van der Waals surface area (Å²) in [4.78, 5) is 14.2. The molecule has 2 rings (SSSR count). The number of hydrogen-bond acceptors (Lipinski definition) is 7. The zero-order valence-corrected chi connectivity index (χ0v) is 14.3. The van der Waals surface area contributed by atoms with Gasteiger partial charge in [-0.3, -0.25) is 9.69 Å². The summed E-state index contributed by atoms with van der Waals surface area (Å²) in [6, 6.07) is 3.88. The van der Waals surface area contributed by atoms with Crippen molar-refractivity contribution in [2.45, 2.75) is 24.2 Å². The molecule has 2 aromatic heterocycles. The molecule has 0 aromatic carbocycles. The highest BCUT2D eigenvalue weighted by molar-refractivity contribution is 8.01. The molecule has 0 spiro atoms. The lowest BCUT2D eigenvalue weighted by atomic mass is 10.2. The monoisotopic (exact) mass is 340 g/mol. The summed E-state index contributed by atoms with van der Waals surface area (Å²) in [6.45, 7) is 6.54. The van der Waals surface area contributed by atoms with E-state index >= 15 is 0 Å². The first-order chi connectivity index (χ1) is 10.7. The van der Waals surface area contributed by atoms with Gasteiger partial charge in [0.15, 0.2) is 4.34 Å². The fourth-order valence-electron chi connectivity index (χ4n) is 2.17. The van der Waals surface area contributed by atoms with Gasteiger partial charge in [0, 0.05) is 6.54 Å². The highest BCUT2D eigenvalue weighted by Gasteiger charge is 2.21. The number of thioether (sulfide) groups is 1. The number of nitrogens with one attached hydrogen (secondary N) is 1. The predicted molar refractivity (Wildman–Crippen MR) is 88.0 cm³/mol. The molecule has 1 amide bonds. The molecule has 0 saturated carbocycles. The van der Waals surface area contributed by atoms with Crippen LogP contribution < -0.4 is 5.32 Å². The Bertz CT molecular complexity index is 541. The normalized spacial score (nSPS) is 12.5. The minimum Gasteiger partial charge on any atom is -0.468 e. The van der Waals surface area contributed by atoms with Crippen LogP contribution in [0.4, 0.5) is 0 Å². The molecule has 2 aromatic rings. The Morgan fingerprint density at radius 1 is 1.50 bits per heavy atom. The molecule has 1 N–H and O–H groups in total. The van der Waals surface area contributed by atoms with E-state index in [0.29, 0.717) is 12.3 Å². The average molecular weight is 340 g/mol. The average Bonchev–Trinajstić information content (AvgIpc) is 3.22. The highest BCUT2D eigenvalue weighted by atomic mass is 32.2. The predicted octanol–water partition coefficient (Wildman–Crippen LogP) is 2.42. The second-order valence-corrected chi connectivity index (χ2v) is 6.61. The van der Waals surface area contributed by atoms with E-state index in [9.17, 15) is 4.79 Å². The highest BCUT2D eigenvalue weighted by Crippen LogP contribution is 2.21. The molecule has 22 heavy (non-hydrogen) atoms. The molecule has 0 fully saturated rings. The Kier molecular flexibility index (Phi) is 6.88. The number of hydrogen-bond donors (Lipinski definition) is 1. The molecule has 0 aliphatic rings. The minimum atomic E-state index is -0.0103. The molecular formula is C14H20N4O2S2. The molecule has 0 aliphatic carbocycles. The van der Waals surface area contributed by atoms with Crippen LogP contribution in [0.15, 0.2) is 32.7 Å². The van der Waals surface area contributed by atoms with Gasteiger partial charge in [-0.15, -0.1) is 10.2 Å². The van der Waals surface area contributed by atoms with E-state index in [4.69, 9.17) is 4.42 Å². The Morgan fingerprint density at radius 2 is 2.32 bits per heavy atom. The summed E-state index contributed by atoms with van der Waals surface area (Å²) < 4.78 is 6.32. The summed E-state index contributed by atoms with van der Waals surface area (Å²) in [6.07, 6.45) is 1.67. The third kappa shape index (κ3) is 4.82. The lowest BCUT2D eigenvalue weighted by Crippen LogP contribution is -2.38. The van der Waals surface area contributed by atoms with Crippen LogP contribution in [0.2, 0.25) is 0 Å². The van der Waals surface area contributed by atoms with Crippen molar-refractivity contribution in [2.24, 2.45) is 0 Å². The lowest BCUT2D eigenvalue weighted by molar-refractivity contribution is -0.118. The molecule has 0 unspecified atom stereocenters. The number of carbonyl (C=O) groups is 1. The number of aromatic nitrogens is 2. The van der Waals surface area contributed by atoms with Crippen LogP contribution >= 0.6 is 23.1 Å². The first kappa shape index (κ1) is 17.0. The van der Waals surface area contributed by atoms with Gasteiger partial charge in [-0.2, -0.15) is 0 Å². The van der Waals surface area contributed by atoms with E-state index in [1.54, 1.807) is 11.8 Å². The van der Waals surface area contributed by atoms with Gasteiger partial charge < -0.3 is 9.73 Å². The van der Waals surface area contributed by atoms with Gasteiger partial charge in [0.25, 0.3) is 0 Å². The molecule has 0 aliphatic heterocycles. The molecule has 0 bridgehead atoms. The Morgan fingerprint density at radius 3 is 2.91 bits per heavy atom. The van der Waals surface area contributed by atoms with Crippen LogP contribution in [0.25, 0.3) is 0 Å². The zero-order valence-electron chi connectivity index (χ0n) is 12.7. The zero-order chi connectivity index (χ0) is 15.8. The Hall–Kier alpha value is -1.38. The summed E-state index contributed by atoms with van der Waals surface area (Å²) in [5, 5.41) is 10.6. The van der Waals surface area contributed by atoms with E-state index in [0.717, 1.165) is 23.2 Å². The second kappa shape index (κ2) is 8.92. The van der Waals surface area contributed by atoms with E-state index in [-0.39, 0.29) is 11.9 Å². The number of nitrogens with zero attached hydrogens (tertiary/aromatic N) is 3. The smallest absolute Gasteiger partial charge is 0.230 e. The molecule has 8 heteroatoms. The van der Waals surface area contributed by atoms with Crippen LogP contribution in [0.3, 0.4) is 0 Å². The number of furan rings is 1. The second-order valence-electron chi connectivity index (χ2n) is 4.55. The fraction of sp³-hybridized carbons (Fsp3) is 0.500. The van der Waals surface area contributed by atoms with E-state index in [2.05, 4.69) is 34.3 Å². The third-order valence-corrected chi connectivity index (χ3v) is 5.14. The van der Waals surface area contributed by atoms with Crippen LogP contribution in [0.1, 0.15) is 25.6 Å². The van der Waals surface area contributed by atoms with Gasteiger partial charge in [-0.05, 0) is 25.2 Å².